The fourth-order valence-corrected chi connectivity index (χ4v) is 2.96. The van der Waals surface area contributed by atoms with E-state index in [1.807, 2.05) is 32.2 Å². The van der Waals surface area contributed by atoms with Crippen molar-refractivity contribution >= 4 is 5.78 Å². The zero-order valence-corrected chi connectivity index (χ0v) is 14.4. The molecule has 1 N–H and O–H groups in total. The molecule has 2 atom stereocenters. The van der Waals surface area contributed by atoms with Crippen molar-refractivity contribution in [1.82, 2.24) is 5.32 Å². The summed E-state index contributed by atoms with van der Waals surface area (Å²) in [5.74, 6) is 0.447. The number of rotatable bonds is 8. The molecule has 2 rings (SSSR count). The van der Waals surface area contributed by atoms with Crippen LogP contribution in [0.1, 0.15) is 32.3 Å². The highest BCUT2D eigenvalue weighted by Crippen LogP contribution is 2.20. The summed E-state index contributed by atoms with van der Waals surface area (Å²) in [6.07, 6.45) is 2.76. The monoisotopic (exact) mass is 309 g/mol. The molecule has 0 radical (unpaired) electrons. The van der Waals surface area contributed by atoms with E-state index in [9.17, 15) is 4.79 Å². The molecule has 0 aromatic heterocycles. The lowest BCUT2D eigenvalue weighted by Crippen LogP contribution is -2.39. The van der Waals surface area contributed by atoms with Crippen LogP contribution in [0.5, 0.6) is 0 Å². The quantitative estimate of drug-likeness (QED) is 0.778. The van der Waals surface area contributed by atoms with Gasteiger partial charge in [-0.1, -0.05) is 74.9 Å². The van der Waals surface area contributed by atoms with Gasteiger partial charge in [0.1, 0.15) is 0 Å². The number of Topliss-reactive ketones (excluding diaryl/α,β-unsaturated/α-hetero) is 1. The highest BCUT2D eigenvalue weighted by Gasteiger charge is 2.22. The Hall–Kier alpha value is -1.93. The predicted molar refractivity (Wildman–Crippen MR) is 97.5 cm³/mol. The van der Waals surface area contributed by atoms with Crippen molar-refractivity contribution in [3.63, 3.8) is 0 Å². The van der Waals surface area contributed by atoms with Gasteiger partial charge < -0.3 is 5.32 Å². The first-order valence-electron chi connectivity index (χ1n) is 8.51. The third-order valence-electron chi connectivity index (χ3n) is 4.40. The van der Waals surface area contributed by atoms with Crippen molar-refractivity contribution in [2.24, 2.45) is 5.92 Å². The van der Waals surface area contributed by atoms with Crippen LogP contribution in [0.15, 0.2) is 54.6 Å². The van der Waals surface area contributed by atoms with Gasteiger partial charge in [0.05, 0.1) is 6.04 Å². The summed E-state index contributed by atoms with van der Waals surface area (Å²) in [4.78, 5) is 12.5. The third kappa shape index (κ3) is 4.77. The second-order valence-electron chi connectivity index (χ2n) is 6.20. The summed E-state index contributed by atoms with van der Waals surface area (Å²) in [7, 11) is 1.87. The van der Waals surface area contributed by atoms with Gasteiger partial charge in [-0.15, -0.1) is 0 Å². The number of ketones is 1. The molecule has 0 aliphatic heterocycles. The average molecular weight is 309 g/mol. The summed E-state index contributed by atoms with van der Waals surface area (Å²) in [5.41, 5.74) is 3.62. The third-order valence-corrected chi connectivity index (χ3v) is 4.40. The molecule has 2 nitrogen and oxygen atoms in total. The molecule has 0 spiro atoms. The lowest BCUT2D eigenvalue weighted by Gasteiger charge is -2.19. The minimum atomic E-state index is -0.0980. The predicted octanol–water partition coefficient (Wildman–Crippen LogP) is 4.49. The molecule has 0 bridgehead atoms. The number of likely N-dealkylation sites (N-methyl/N-ethyl adjacent to an activating group) is 1. The number of hydrogen-bond acceptors (Lipinski definition) is 2. The van der Waals surface area contributed by atoms with Gasteiger partial charge in [-0.2, -0.15) is 0 Å². The van der Waals surface area contributed by atoms with Gasteiger partial charge in [-0.25, -0.2) is 0 Å². The molecule has 23 heavy (non-hydrogen) atoms. The van der Waals surface area contributed by atoms with E-state index in [1.54, 1.807) is 0 Å². The van der Waals surface area contributed by atoms with Crippen LogP contribution >= 0.6 is 0 Å². The molecule has 0 heterocycles. The summed E-state index contributed by atoms with van der Waals surface area (Å²) < 4.78 is 0. The number of carbonyl (C=O) groups is 1. The van der Waals surface area contributed by atoms with Crippen LogP contribution < -0.4 is 5.32 Å². The zero-order valence-electron chi connectivity index (χ0n) is 14.4. The number of hydrogen-bond donors (Lipinski definition) is 1. The normalized spacial score (nSPS) is 13.5. The second kappa shape index (κ2) is 8.64. The maximum Gasteiger partial charge on any atom is 0.152 e. The van der Waals surface area contributed by atoms with E-state index < -0.39 is 0 Å². The van der Waals surface area contributed by atoms with Gasteiger partial charge in [-0.3, -0.25) is 4.79 Å². The number of carbonyl (C=O) groups excluding carboxylic acids is 1. The lowest BCUT2D eigenvalue weighted by molar-refractivity contribution is -0.124. The highest BCUT2D eigenvalue weighted by atomic mass is 16.1. The SMILES string of the molecule is CCCC(C)C(=O)C(Cc1ccc(-c2ccccc2)cc1)NC. The van der Waals surface area contributed by atoms with Crippen LogP contribution in [0.25, 0.3) is 11.1 Å². The minimum absolute atomic E-state index is 0.0980. The Morgan fingerprint density at radius 2 is 1.61 bits per heavy atom. The van der Waals surface area contributed by atoms with Gasteiger partial charge in [0, 0.05) is 5.92 Å². The molecular formula is C21H27NO. The van der Waals surface area contributed by atoms with Crippen LogP contribution in [0, 0.1) is 5.92 Å². The van der Waals surface area contributed by atoms with Crippen LogP contribution in [0.4, 0.5) is 0 Å². The van der Waals surface area contributed by atoms with Crippen LogP contribution in [-0.2, 0) is 11.2 Å². The summed E-state index contributed by atoms with van der Waals surface area (Å²) >= 11 is 0. The molecule has 0 aliphatic rings. The second-order valence-corrected chi connectivity index (χ2v) is 6.20. The lowest BCUT2D eigenvalue weighted by atomic mass is 9.91. The Morgan fingerprint density at radius 3 is 2.17 bits per heavy atom. The van der Waals surface area contributed by atoms with E-state index in [0.29, 0.717) is 5.78 Å². The Kier molecular flexibility index (Phi) is 6.54. The maximum atomic E-state index is 12.5. The van der Waals surface area contributed by atoms with Crippen molar-refractivity contribution in [2.45, 2.75) is 39.2 Å². The van der Waals surface area contributed by atoms with Gasteiger partial charge in [0.25, 0.3) is 0 Å². The minimum Gasteiger partial charge on any atom is -0.310 e. The fourth-order valence-electron chi connectivity index (χ4n) is 2.96. The molecule has 0 fully saturated rings. The van der Waals surface area contributed by atoms with Gasteiger partial charge in [-0.05, 0) is 36.6 Å². The summed E-state index contributed by atoms with van der Waals surface area (Å²) in [6, 6.07) is 18.8. The van der Waals surface area contributed by atoms with Crippen molar-refractivity contribution in [2.75, 3.05) is 7.05 Å². The summed E-state index contributed by atoms with van der Waals surface area (Å²) in [5, 5.41) is 3.19. The van der Waals surface area contributed by atoms with E-state index in [4.69, 9.17) is 0 Å². The first kappa shape index (κ1) is 17.4. The van der Waals surface area contributed by atoms with E-state index in [-0.39, 0.29) is 12.0 Å². The summed E-state index contributed by atoms with van der Waals surface area (Å²) in [6.45, 7) is 4.16. The Labute approximate surface area is 139 Å². The van der Waals surface area contributed by atoms with Crippen LogP contribution in [-0.4, -0.2) is 18.9 Å². The van der Waals surface area contributed by atoms with Crippen molar-refractivity contribution in [3.05, 3.63) is 60.2 Å². The first-order chi connectivity index (χ1) is 11.2. The molecule has 2 aromatic carbocycles. The Bertz CT molecular complexity index is 603. The molecule has 2 unspecified atom stereocenters. The number of nitrogens with one attached hydrogen (secondary N) is 1. The highest BCUT2D eigenvalue weighted by molar-refractivity contribution is 5.86. The van der Waals surface area contributed by atoms with Crippen LogP contribution in [0.2, 0.25) is 0 Å². The zero-order chi connectivity index (χ0) is 16.7. The standard InChI is InChI=1S/C21H27NO/c1-4-8-16(2)21(23)20(22-3)15-17-11-13-19(14-12-17)18-9-6-5-7-10-18/h5-7,9-14,16,20,22H,4,8,15H2,1-3H3. The topological polar surface area (TPSA) is 29.1 Å². The Balaban J connectivity index is 2.05. The maximum absolute atomic E-state index is 12.5. The van der Waals surface area contributed by atoms with Crippen molar-refractivity contribution in [3.8, 4) is 11.1 Å². The smallest absolute Gasteiger partial charge is 0.152 e. The van der Waals surface area contributed by atoms with E-state index in [1.165, 1.54) is 16.7 Å². The molecular weight excluding hydrogens is 282 g/mol. The van der Waals surface area contributed by atoms with Gasteiger partial charge in [0.2, 0.25) is 0 Å². The van der Waals surface area contributed by atoms with Crippen molar-refractivity contribution in [1.29, 1.82) is 0 Å². The molecule has 2 heteroatoms. The average Bonchev–Trinajstić information content (AvgIpc) is 2.60. The van der Waals surface area contributed by atoms with E-state index >= 15 is 0 Å². The molecule has 0 amide bonds. The Morgan fingerprint density at radius 1 is 1.00 bits per heavy atom. The van der Waals surface area contributed by atoms with Crippen molar-refractivity contribution < 1.29 is 4.79 Å². The fraction of sp³-hybridized carbons (Fsp3) is 0.381. The molecule has 122 valence electrons. The molecule has 2 aromatic rings. The van der Waals surface area contributed by atoms with Gasteiger partial charge in [0.15, 0.2) is 5.78 Å². The van der Waals surface area contributed by atoms with E-state index in [0.717, 1.165) is 19.3 Å². The van der Waals surface area contributed by atoms with E-state index in [2.05, 4.69) is 48.6 Å². The molecule has 0 aliphatic carbocycles. The first-order valence-corrected chi connectivity index (χ1v) is 8.51. The molecule has 0 saturated carbocycles. The largest absolute Gasteiger partial charge is 0.310 e. The number of benzene rings is 2. The van der Waals surface area contributed by atoms with Crippen LogP contribution in [0.3, 0.4) is 0 Å². The van der Waals surface area contributed by atoms with Gasteiger partial charge >= 0.3 is 0 Å². The molecule has 0 saturated heterocycles.